The first kappa shape index (κ1) is 12.1. The number of carboxylic acids is 1. The molecule has 0 unspecified atom stereocenters. The summed E-state index contributed by atoms with van der Waals surface area (Å²) < 4.78 is 0. The molecule has 0 saturated heterocycles. The van der Waals surface area contributed by atoms with Gasteiger partial charge in [0.25, 0.3) is 0 Å². The number of hydrogen-bond acceptors (Lipinski definition) is 2. The summed E-state index contributed by atoms with van der Waals surface area (Å²) >= 11 is 0. The van der Waals surface area contributed by atoms with Gasteiger partial charge < -0.3 is 5.11 Å². The van der Waals surface area contributed by atoms with Crippen LogP contribution in [0.3, 0.4) is 0 Å². The Hall–Kier alpha value is -1.38. The molecule has 1 saturated carbocycles. The van der Waals surface area contributed by atoms with Gasteiger partial charge in [-0.3, -0.25) is 9.78 Å². The molecule has 3 nitrogen and oxygen atoms in total. The first-order valence-electron chi connectivity index (χ1n) is 6.26. The molecule has 0 spiro atoms. The summed E-state index contributed by atoms with van der Waals surface area (Å²) in [7, 11) is 0. The summed E-state index contributed by atoms with van der Waals surface area (Å²) in [6, 6.07) is 1.90. The van der Waals surface area contributed by atoms with E-state index in [4.69, 9.17) is 0 Å². The van der Waals surface area contributed by atoms with Gasteiger partial charge in [0.05, 0.1) is 5.41 Å². The molecule has 1 N–H and O–H groups in total. The number of aromatic nitrogens is 1. The second-order valence-corrected chi connectivity index (χ2v) is 5.21. The van der Waals surface area contributed by atoms with E-state index in [1.165, 1.54) is 0 Å². The van der Waals surface area contributed by atoms with Gasteiger partial charge in [0, 0.05) is 12.4 Å². The van der Waals surface area contributed by atoms with Crippen molar-refractivity contribution in [3.8, 4) is 0 Å². The van der Waals surface area contributed by atoms with Gasteiger partial charge in [-0.2, -0.15) is 0 Å². The third kappa shape index (κ3) is 1.94. The Balaban J connectivity index is 2.54. The van der Waals surface area contributed by atoms with Crippen LogP contribution in [0.2, 0.25) is 0 Å². The maximum absolute atomic E-state index is 11.7. The monoisotopic (exact) mass is 233 g/mol. The predicted octanol–water partition coefficient (Wildman–Crippen LogP) is 3.10. The molecule has 1 aliphatic carbocycles. The number of aliphatic carboxylic acids is 1. The Bertz CT molecular complexity index is 420. The van der Waals surface area contributed by atoms with E-state index in [0.29, 0.717) is 5.92 Å². The van der Waals surface area contributed by atoms with E-state index in [1.54, 1.807) is 6.20 Å². The molecule has 0 atom stereocenters. The average Bonchev–Trinajstić information content (AvgIpc) is 2.79. The number of pyridine rings is 1. The SMILES string of the molecule is CC(C)c1cnccc1C1(C(=O)O)CCCC1. The fourth-order valence-corrected chi connectivity index (χ4v) is 2.88. The minimum Gasteiger partial charge on any atom is -0.481 e. The van der Waals surface area contributed by atoms with Gasteiger partial charge in [-0.1, -0.05) is 26.7 Å². The largest absolute Gasteiger partial charge is 0.481 e. The highest BCUT2D eigenvalue weighted by molar-refractivity contribution is 5.82. The Morgan fingerprint density at radius 2 is 2.06 bits per heavy atom. The van der Waals surface area contributed by atoms with Crippen molar-refractivity contribution in [1.29, 1.82) is 0 Å². The van der Waals surface area contributed by atoms with Gasteiger partial charge in [-0.15, -0.1) is 0 Å². The lowest BCUT2D eigenvalue weighted by molar-refractivity contribution is -0.143. The average molecular weight is 233 g/mol. The second-order valence-electron chi connectivity index (χ2n) is 5.21. The summed E-state index contributed by atoms with van der Waals surface area (Å²) in [6.07, 6.45) is 7.06. The maximum Gasteiger partial charge on any atom is 0.314 e. The van der Waals surface area contributed by atoms with Crippen molar-refractivity contribution >= 4 is 5.97 Å². The molecular weight excluding hydrogens is 214 g/mol. The van der Waals surface area contributed by atoms with Crippen molar-refractivity contribution in [1.82, 2.24) is 4.98 Å². The molecule has 1 aromatic heterocycles. The van der Waals surface area contributed by atoms with E-state index in [0.717, 1.165) is 36.8 Å². The highest BCUT2D eigenvalue weighted by Gasteiger charge is 2.44. The van der Waals surface area contributed by atoms with E-state index >= 15 is 0 Å². The Kier molecular flexibility index (Phi) is 3.18. The fourth-order valence-electron chi connectivity index (χ4n) is 2.88. The van der Waals surface area contributed by atoms with Crippen molar-refractivity contribution in [3.63, 3.8) is 0 Å². The van der Waals surface area contributed by atoms with Crippen LogP contribution in [0.4, 0.5) is 0 Å². The highest BCUT2D eigenvalue weighted by atomic mass is 16.4. The molecular formula is C14H19NO2. The van der Waals surface area contributed by atoms with Crippen LogP contribution < -0.4 is 0 Å². The van der Waals surface area contributed by atoms with Crippen LogP contribution in [0.15, 0.2) is 18.5 Å². The highest BCUT2D eigenvalue weighted by Crippen LogP contribution is 2.43. The molecule has 0 aliphatic heterocycles. The number of rotatable bonds is 3. The van der Waals surface area contributed by atoms with E-state index in [9.17, 15) is 9.90 Å². The smallest absolute Gasteiger partial charge is 0.314 e. The minimum atomic E-state index is -0.678. The zero-order valence-electron chi connectivity index (χ0n) is 10.4. The number of hydrogen-bond donors (Lipinski definition) is 1. The van der Waals surface area contributed by atoms with Crippen molar-refractivity contribution in [2.24, 2.45) is 0 Å². The van der Waals surface area contributed by atoms with E-state index in [-0.39, 0.29) is 0 Å². The van der Waals surface area contributed by atoms with Crippen LogP contribution in [0.25, 0.3) is 0 Å². The Morgan fingerprint density at radius 1 is 1.41 bits per heavy atom. The second kappa shape index (κ2) is 4.47. The first-order valence-corrected chi connectivity index (χ1v) is 6.26. The van der Waals surface area contributed by atoms with Gasteiger partial charge in [0.15, 0.2) is 0 Å². The fraction of sp³-hybridized carbons (Fsp3) is 0.571. The van der Waals surface area contributed by atoms with E-state index in [2.05, 4.69) is 18.8 Å². The Labute approximate surface area is 102 Å². The topological polar surface area (TPSA) is 50.2 Å². The lowest BCUT2D eigenvalue weighted by Gasteiger charge is -2.27. The molecule has 1 heterocycles. The molecule has 2 rings (SSSR count). The molecule has 1 aromatic rings. The van der Waals surface area contributed by atoms with Crippen LogP contribution in [-0.2, 0) is 10.2 Å². The van der Waals surface area contributed by atoms with Gasteiger partial charge in [-0.05, 0) is 36.0 Å². The lowest BCUT2D eigenvalue weighted by atomic mass is 9.75. The van der Waals surface area contributed by atoms with Crippen LogP contribution in [-0.4, -0.2) is 16.1 Å². The zero-order valence-corrected chi connectivity index (χ0v) is 10.4. The maximum atomic E-state index is 11.7. The number of carbonyl (C=O) groups is 1. The van der Waals surface area contributed by atoms with Gasteiger partial charge in [0.1, 0.15) is 0 Å². The molecule has 0 radical (unpaired) electrons. The summed E-state index contributed by atoms with van der Waals surface area (Å²) in [4.78, 5) is 15.8. The predicted molar refractivity (Wildman–Crippen MR) is 66.1 cm³/mol. The van der Waals surface area contributed by atoms with Crippen molar-refractivity contribution in [2.75, 3.05) is 0 Å². The molecule has 17 heavy (non-hydrogen) atoms. The molecule has 0 amide bonds. The van der Waals surface area contributed by atoms with Crippen LogP contribution in [0, 0.1) is 0 Å². The van der Waals surface area contributed by atoms with Crippen LogP contribution in [0.5, 0.6) is 0 Å². The molecule has 92 valence electrons. The van der Waals surface area contributed by atoms with E-state index < -0.39 is 11.4 Å². The molecule has 1 aliphatic rings. The van der Waals surface area contributed by atoms with Crippen molar-refractivity contribution in [3.05, 3.63) is 29.6 Å². The minimum absolute atomic E-state index is 0.315. The van der Waals surface area contributed by atoms with Gasteiger partial charge >= 0.3 is 5.97 Å². The first-order chi connectivity index (χ1) is 8.08. The summed E-state index contributed by atoms with van der Waals surface area (Å²) in [6.45, 7) is 4.18. The molecule has 0 aromatic carbocycles. The van der Waals surface area contributed by atoms with E-state index in [1.807, 2.05) is 12.3 Å². The quantitative estimate of drug-likeness (QED) is 0.872. The zero-order chi connectivity index (χ0) is 12.5. The summed E-state index contributed by atoms with van der Waals surface area (Å²) in [5, 5.41) is 9.60. The molecule has 1 fully saturated rings. The van der Waals surface area contributed by atoms with Gasteiger partial charge in [0.2, 0.25) is 0 Å². The third-order valence-electron chi connectivity index (χ3n) is 3.86. The summed E-state index contributed by atoms with van der Waals surface area (Å²) in [5.74, 6) is -0.362. The molecule has 3 heteroatoms. The normalized spacial score (nSPS) is 18.5. The van der Waals surface area contributed by atoms with Crippen molar-refractivity contribution < 1.29 is 9.90 Å². The third-order valence-corrected chi connectivity index (χ3v) is 3.86. The van der Waals surface area contributed by atoms with Crippen LogP contribution in [0.1, 0.15) is 56.6 Å². The standard InChI is InChI=1S/C14H19NO2/c1-10(2)11-9-15-8-5-12(11)14(13(16)17)6-3-4-7-14/h5,8-10H,3-4,6-7H2,1-2H3,(H,16,17). The number of carboxylic acid groups (broad SMARTS) is 1. The van der Waals surface area contributed by atoms with Crippen LogP contribution >= 0.6 is 0 Å². The number of nitrogens with zero attached hydrogens (tertiary/aromatic N) is 1. The van der Waals surface area contributed by atoms with Gasteiger partial charge in [-0.25, -0.2) is 0 Å². The summed E-state index contributed by atoms with van der Waals surface area (Å²) in [5.41, 5.74) is 1.40. The lowest BCUT2D eigenvalue weighted by Crippen LogP contribution is -2.34. The molecule has 0 bridgehead atoms. The Morgan fingerprint density at radius 3 is 2.59 bits per heavy atom. The van der Waals surface area contributed by atoms with Crippen molar-refractivity contribution in [2.45, 2.75) is 50.9 Å².